The zero-order chi connectivity index (χ0) is 26.1. The Balaban J connectivity index is 1.52. The molecule has 1 aliphatic heterocycles. The number of hydrogen-bond donors (Lipinski definition) is 3. The van der Waals surface area contributed by atoms with Gasteiger partial charge in [0, 0.05) is 17.6 Å². The smallest absolute Gasteiger partial charge is 0.346 e. The van der Waals surface area contributed by atoms with Crippen molar-refractivity contribution in [1.82, 2.24) is 14.6 Å². The molecule has 2 aromatic rings. The molecule has 1 fully saturated rings. The predicted molar refractivity (Wildman–Crippen MR) is 132 cm³/mol. The monoisotopic (exact) mass is 546 g/mol. The van der Waals surface area contributed by atoms with E-state index in [0.29, 0.717) is 6.54 Å². The zero-order valence-electron chi connectivity index (χ0n) is 19.8. The van der Waals surface area contributed by atoms with E-state index in [1.165, 1.54) is 0 Å². The number of rotatable bonds is 11. The Morgan fingerprint density at radius 1 is 1.28 bits per heavy atom. The first-order valence-electron chi connectivity index (χ1n) is 11.6. The first kappa shape index (κ1) is 28.0. The number of nitrogens with zero attached hydrogens (tertiary/aromatic N) is 2. The highest BCUT2D eigenvalue weighted by molar-refractivity contribution is 7.11. The number of carbonyl (C=O) groups excluding carboxylic acids is 2. The molecule has 1 unspecified atom stereocenters. The van der Waals surface area contributed by atoms with E-state index in [0.717, 1.165) is 76.0 Å². The van der Waals surface area contributed by atoms with Crippen molar-refractivity contribution in [3.8, 4) is 5.88 Å². The number of hydrogen-bond acceptors (Lipinski definition) is 8. The Morgan fingerprint density at radius 2 is 2.03 bits per heavy atom. The van der Waals surface area contributed by atoms with Crippen LogP contribution >= 0.6 is 23.1 Å². The Labute approximate surface area is 216 Å². The van der Waals surface area contributed by atoms with Gasteiger partial charge in [0.05, 0.1) is 19.3 Å². The summed E-state index contributed by atoms with van der Waals surface area (Å²) in [6.07, 6.45) is 4.87. The molecule has 2 heterocycles. The van der Waals surface area contributed by atoms with Crippen LogP contribution in [0.1, 0.15) is 48.0 Å². The van der Waals surface area contributed by atoms with Gasteiger partial charge in [0.15, 0.2) is 5.56 Å². The van der Waals surface area contributed by atoms with Crippen molar-refractivity contribution in [2.24, 2.45) is 0 Å². The van der Waals surface area contributed by atoms with Gasteiger partial charge in [0.2, 0.25) is 5.88 Å². The summed E-state index contributed by atoms with van der Waals surface area (Å²) in [5.41, 5.74) is -0.544. The molecule has 2 amide bonds. The van der Waals surface area contributed by atoms with E-state index in [1.807, 2.05) is 0 Å². The standard InChI is InChI=1S/C23H29ClF2N4O5S/c1-34-22(32)19-20(35-13-16-17(25)10-14(24)11-18(16)26)29-36-21(19)28-23(33)27-7-3-5-9-30-8-4-2-6-15(30)12-31/h10-11,15,31H,2-9,12-13H2,1H3,(H2,27,28,33). The average molecular weight is 547 g/mol. The molecule has 1 saturated heterocycles. The molecule has 1 atom stereocenters. The number of piperidine rings is 1. The lowest BCUT2D eigenvalue weighted by Crippen LogP contribution is -2.42. The number of aliphatic hydroxyl groups excluding tert-OH is 1. The number of halogens is 3. The van der Waals surface area contributed by atoms with Gasteiger partial charge in [-0.15, -0.1) is 0 Å². The van der Waals surface area contributed by atoms with E-state index in [2.05, 4.69) is 19.9 Å². The highest BCUT2D eigenvalue weighted by Crippen LogP contribution is 2.32. The predicted octanol–water partition coefficient (Wildman–Crippen LogP) is 4.19. The second-order valence-electron chi connectivity index (χ2n) is 8.28. The maximum atomic E-state index is 14.0. The highest BCUT2D eigenvalue weighted by atomic mass is 35.5. The van der Waals surface area contributed by atoms with Gasteiger partial charge in [-0.3, -0.25) is 10.2 Å². The van der Waals surface area contributed by atoms with Gasteiger partial charge in [-0.2, -0.15) is 4.37 Å². The van der Waals surface area contributed by atoms with Gasteiger partial charge >= 0.3 is 12.0 Å². The molecule has 13 heteroatoms. The summed E-state index contributed by atoms with van der Waals surface area (Å²) in [5.74, 6) is -2.86. The lowest BCUT2D eigenvalue weighted by Gasteiger charge is -2.34. The lowest BCUT2D eigenvalue weighted by atomic mass is 10.0. The van der Waals surface area contributed by atoms with E-state index >= 15 is 0 Å². The van der Waals surface area contributed by atoms with Crippen molar-refractivity contribution in [1.29, 1.82) is 0 Å². The van der Waals surface area contributed by atoms with E-state index in [9.17, 15) is 23.5 Å². The number of carbonyl (C=O) groups is 2. The number of unbranched alkanes of at least 4 members (excludes halogenated alkanes) is 1. The third kappa shape index (κ3) is 7.48. The number of amides is 2. The largest absolute Gasteiger partial charge is 0.471 e. The third-order valence-corrected chi connectivity index (χ3v) is 6.82. The van der Waals surface area contributed by atoms with Gasteiger partial charge in [0.1, 0.15) is 23.2 Å². The Hall–Kier alpha value is -2.54. The summed E-state index contributed by atoms with van der Waals surface area (Å²) in [6, 6.07) is 1.56. The Kier molecular flexibility index (Phi) is 10.7. The summed E-state index contributed by atoms with van der Waals surface area (Å²) >= 11 is 6.40. The fourth-order valence-electron chi connectivity index (χ4n) is 3.94. The number of aromatic nitrogens is 1. The van der Waals surface area contributed by atoms with Crippen LogP contribution in [0.15, 0.2) is 12.1 Å². The van der Waals surface area contributed by atoms with Gasteiger partial charge < -0.3 is 19.9 Å². The second-order valence-corrected chi connectivity index (χ2v) is 9.49. The van der Waals surface area contributed by atoms with Crippen LogP contribution in [-0.4, -0.2) is 65.8 Å². The van der Waals surface area contributed by atoms with E-state index in [1.54, 1.807) is 0 Å². The molecule has 3 N–H and O–H groups in total. The van der Waals surface area contributed by atoms with Crippen molar-refractivity contribution >= 4 is 40.1 Å². The number of urea groups is 1. The summed E-state index contributed by atoms with van der Waals surface area (Å²) in [6.45, 7) is 1.85. The summed E-state index contributed by atoms with van der Waals surface area (Å²) in [4.78, 5) is 26.9. The summed E-state index contributed by atoms with van der Waals surface area (Å²) in [5, 5.41) is 14.7. The Bertz CT molecular complexity index is 1030. The van der Waals surface area contributed by atoms with E-state index in [4.69, 9.17) is 21.1 Å². The SMILES string of the molecule is COC(=O)c1c(OCc2c(F)cc(Cl)cc2F)nsc1NC(=O)NCCCCN1CCCCC1CO. The second kappa shape index (κ2) is 13.7. The first-order chi connectivity index (χ1) is 17.3. The molecule has 0 radical (unpaired) electrons. The fourth-order valence-corrected chi connectivity index (χ4v) is 4.85. The van der Waals surface area contributed by atoms with Crippen molar-refractivity contribution in [3.63, 3.8) is 0 Å². The van der Waals surface area contributed by atoms with Gasteiger partial charge in [-0.1, -0.05) is 18.0 Å². The topological polar surface area (TPSA) is 113 Å². The molecular formula is C23H29ClF2N4O5S. The molecular weight excluding hydrogens is 518 g/mol. The minimum atomic E-state index is -0.903. The summed E-state index contributed by atoms with van der Waals surface area (Å²) < 4.78 is 42.2. The molecule has 0 saturated carbocycles. The number of benzene rings is 1. The van der Waals surface area contributed by atoms with Crippen molar-refractivity contribution in [2.75, 3.05) is 38.7 Å². The number of methoxy groups -OCH3 is 1. The van der Waals surface area contributed by atoms with Crippen molar-refractivity contribution < 1.29 is 33.0 Å². The van der Waals surface area contributed by atoms with Crippen LogP contribution in [0.5, 0.6) is 5.88 Å². The molecule has 1 aromatic heterocycles. The first-order valence-corrected chi connectivity index (χ1v) is 12.7. The molecule has 36 heavy (non-hydrogen) atoms. The number of likely N-dealkylation sites (tertiary alicyclic amines) is 1. The molecule has 0 aliphatic carbocycles. The highest BCUT2D eigenvalue weighted by Gasteiger charge is 2.25. The van der Waals surface area contributed by atoms with Crippen LogP contribution in [0, 0.1) is 11.6 Å². The quantitative estimate of drug-likeness (QED) is 0.286. The van der Waals surface area contributed by atoms with Crippen LogP contribution in [0.4, 0.5) is 18.6 Å². The van der Waals surface area contributed by atoms with E-state index in [-0.39, 0.29) is 39.7 Å². The third-order valence-electron chi connectivity index (χ3n) is 5.85. The zero-order valence-corrected chi connectivity index (χ0v) is 21.4. The molecule has 1 aromatic carbocycles. The molecule has 0 spiro atoms. The van der Waals surface area contributed by atoms with Gasteiger partial charge in [-0.25, -0.2) is 18.4 Å². The van der Waals surface area contributed by atoms with Crippen LogP contribution < -0.4 is 15.4 Å². The minimum absolute atomic E-state index is 0.0745. The van der Waals surface area contributed by atoms with Crippen LogP contribution in [0.3, 0.4) is 0 Å². The molecule has 198 valence electrons. The van der Waals surface area contributed by atoms with Crippen LogP contribution in [0.25, 0.3) is 0 Å². The van der Waals surface area contributed by atoms with Crippen molar-refractivity contribution in [3.05, 3.63) is 39.9 Å². The number of aliphatic hydroxyl groups is 1. The van der Waals surface area contributed by atoms with Gasteiger partial charge in [-0.05, 0) is 62.4 Å². The Morgan fingerprint density at radius 3 is 2.72 bits per heavy atom. The maximum Gasteiger partial charge on any atom is 0.346 e. The molecule has 3 rings (SSSR count). The number of esters is 1. The number of nitrogens with one attached hydrogen (secondary N) is 2. The number of anilines is 1. The van der Waals surface area contributed by atoms with E-state index < -0.39 is 30.2 Å². The molecule has 9 nitrogen and oxygen atoms in total. The lowest BCUT2D eigenvalue weighted by molar-refractivity contribution is 0.0596. The number of ether oxygens (including phenoxy) is 2. The average Bonchev–Trinajstić information content (AvgIpc) is 3.25. The molecule has 0 bridgehead atoms. The van der Waals surface area contributed by atoms with Gasteiger partial charge in [0.25, 0.3) is 0 Å². The summed E-state index contributed by atoms with van der Waals surface area (Å²) in [7, 11) is 1.15. The van der Waals surface area contributed by atoms with Crippen LogP contribution in [0.2, 0.25) is 5.02 Å². The van der Waals surface area contributed by atoms with Crippen LogP contribution in [-0.2, 0) is 11.3 Å². The molecule has 1 aliphatic rings. The normalized spacial score (nSPS) is 16.0. The maximum absolute atomic E-state index is 14.0. The fraction of sp³-hybridized carbons (Fsp3) is 0.522. The van der Waals surface area contributed by atoms with Crippen molar-refractivity contribution in [2.45, 2.75) is 44.8 Å². The minimum Gasteiger partial charge on any atom is -0.471 e.